The molecule has 0 amide bonds. The van der Waals surface area contributed by atoms with Crippen molar-refractivity contribution in [3.63, 3.8) is 0 Å². The molecule has 0 atom stereocenters. The van der Waals surface area contributed by atoms with E-state index in [1.807, 2.05) is 60.7 Å². The standard InChI is InChI=1S/C32H28P2.2C16H9.2Au/c1-25-23-31(33(27-15-7-3-8-16-27)28-17-9-4-10-18-28)32(24-26(25)2)34(29-19-11-5-12-20-29)30-21-13-6-14-22-30;2*1-2-12-7-8-14-10-9-13-5-3-4-6-15(13)16(14)11-12;;/h3-24H,1-2H3;2*3-11H;;/q;2*-1;2*+1/p+2. The quantitative estimate of drug-likeness (QED) is 0.0512. The van der Waals surface area contributed by atoms with Gasteiger partial charge in [0.15, 0.2) is 0 Å². The number of hydrogen-bond donors (Lipinski definition) is 0. The van der Waals surface area contributed by atoms with Crippen molar-refractivity contribution in [2.75, 3.05) is 0 Å². The summed E-state index contributed by atoms with van der Waals surface area (Å²) in [6.07, 6.45) is 14.4. The number of aryl methyl sites for hydroxylation is 2. The molecule has 4 heteroatoms. The van der Waals surface area contributed by atoms with Crippen LogP contribution < -0.4 is 31.8 Å². The maximum atomic E-state index is 7.18. The van der Waals surface area contributed by atoms with Crippen molar-refractivity contribution in [2.24, 2.45) is 0 Å². The van der Waals surface area contributed by atoms with E-state index >= 15 is 0 Å². The van der Waals surface area contributed by atoms with Gasteiger partial charge in [0.2, 0.25) is 0 Å². The normalized spacial score (nSPS) is 10.5. The van der Waals surface area contributed by atoms with E-state index < -0.39 is 15.8 Å². The van der Waals surface area contributed by atoms with Crippen LogP contribution in [-0.4, -0.2) is 0 Å². The van der Waals surface area contributed by atoms with Gasteiger partial charge in [-0.05, 0) is 129 Å². The second-order valence-corrected chi connectivity index (χ2v) is 21.3. The zero-order valence-corrected chi connectivity index (χ0v) is 44.0. The molecule has 0 nitrogen and oxygen atoms in total. The Labute approximate surface area is 435 Å². The molecule has 0 N–H and O–H groups in total. The molecule has 0 bridgehead atoms. The Morgan fingerprint density at radius 3 is 0.868 bits per heavy atom. The van der Waals surface area contributed by atoms with E-state index in [2.05, 4.69) is 208 Å². The Balaban J connectivity index is 0.000000167. The maximum absolute atomic E-state index is 7.18. The Bertz CT molecular complexity index is 3210. The number of rotatable bonds is 6. The first-order chi connectivity index (χ1) is 32.5. The molecule has 334 valence electrons. The third-order valence-electron chi connectivity index (χ3n) is 12.2. The van der Waals surface area contributed by atoms with Crippen LogP contribution in [0.15, 0.2) is 243 Å². The number of hydrogen-bond acceptors (Lipinski definition) is 0. The van der Waals surface area contributed by atoms with Gasteiger partial charge in [0, 0.05) is 0 Å². The van der Waals surface area contributed by atoms with E-state index in [-0.39, 0.29) is 44.8 Å². The van der Waals surface area contributed by atoms with Gasteiger partial charge in [-0.3, -0.25) is 11.8 Å². The van der Waals surface area contributed by atoms with Gasteiger partial charge in [-0.25, -0.2) is 0 Å². The molecule has 68 heavy (non-hydrogen) atoms. The van der Waals surface area contributed by atoms with Gasteiger partial charge < -0.3 is 12.8 Å². The van der Waals surface area contributed by atoms with Gasteiger partial charge in [-0.2, -0.15) is 0 Å². The second-order valence-electron chi connectivity index (χ2n) is 16.4. The zero-order valence-electron chi connectivity index (χ0n) is 37.7. The first kappa shape index (κ1) is 49.8. The summed E-state index contributed by atoms with van der Waals surface area (Å²) in [7, 11) is -2.36. The topological polar surface area (TPSA) is 0 Å². The van der Waals surface area contributed by atoms with Crippen molar-refractivity contribution in [3.8, 4) is 11.8 Å². The third kappa shape index (κ3) is 11.3. The summed E-state index contributed by atoms with van der Waals surface area (Å²) in [5.41, 5.74) is 4.39. The molecule has 11 rings (SSSR count). The summed E-state index contributed by atoms with van der Waals surface area (Å²) in [4.78, 5) is 0. The molecule has 0 aliphatic rings. The van der Waals surface area contributed by atoms with Crippen molar-refractivity contribution < 1.29 is 44.8 Å². The Hall–Kier alpha value is -6.08. The van der Waals surface area contributed by atoms with Crippen LogP contribution in [0, 0.1) is 38.5 Å². The van der Waals surface area contributed by atoms with Crippen molar-refractivity contribution in [1.29, 1.82) is 0 Å². The van der Waals surface area contributed by atoms with E-state index in [9.17, 15) is 0 Å². The molecule has 0 heterocycles. The summed E-state index contributed by atoms with van der Waals surface area (Å²) in [5, 5.41) is 18.5. The largest absolute Gasteiger partial charge is 1.00 e. The van der Waals surface area contributed by atoms with Crippen molar-refractivity contribution in [1.82, 2.24) is 0 Å². The monoisotopic (exact) mass is 1270 g/mol. The third-order valence-corrected chi connectivity index (χ3v) is 18.0. The first-order valence-corrected chi connectivity index (χ1v) is 25.2. The minimum atomic E-state index is -1.18. The van der Waals surface area contributed by atoms with Gasteiger partial charge in [0.1, 0.15) is 47.7 Å². The predicted octanol–water partition coefficient (Wildman–Crippen LogP) is 13.1. The smallest absolute Gasteiger partial charge is 0.366 e. The van der Waals surface area contributed by atoms with Gasteiger partial charge in [0.05, 0.1) is 0 Å². The van der Waals surface area contributed by atoms with Crippen LogP contribution in [0.5, 0.6) is 0 Å². The van der Waals surface area contributed by atoms with Gasteiger partial charge in [-0.15, -0.1) is 35.4 Å². The minimum absolute atomic E-state index is 0. The molecular weight excluding hydrogens is 1220 g/mol. The fourth-order valence-electron chi connectivity index (χ4n) is 8.76. The summed E-state index contributed by atoms with van der Waals surface area (Å²) in [6, 6.07) is 86.6. The van der Waals surface area contributed by atoms with E-state index in [4.69, 9.17) is 12.8 Å². The van der Waals surface area contributed by atoms with Crippen molar-refractivity contribution in [2.45, 2.75) is 13.8 Å². The molecule has 11 aromatic carbocycles. The molecule has 0 saturated heterocycles. The summed E-state index contributed by atoms with van der Waals surface area (Å²) >= 11 is 0. The molecule has 0 fully saturated rings. The maximum Gasteiger partial charge on any atom is 1.00 e. The summed E-state index contributed by atoms with van der Waals surface area (Å²) in [5.74, 6) is 4.87. The molecule has 0 spiro atoms. The van der Waals surface area contributed by atoms with Crippen LogP contribution in [0.25, 0.3) is 43.1 Å². The molecule has 11 aromatic rings. The first-order valence-electron chi connectivity index (χ1n) is 22.2. The van der Waals surface area contributed by atoms with Crippen LogP contribution >= 0.6 is 15.8 Å². The Morgan fingerprint density at radius 2 is 0.559 bits per heavy atom. The van der Waals surface area contributed by atoms with Gasteiger partial charge in [-0.1, -0.05) is 158 Å². The van der Waals surface area contributed by atoms with E-state index in [1.54, 1.807) is 0 Å². The minimum Gasteiger partial charge on any atom is -0.366 e. The van der Waals surface area contributed by atoms with Crippen LogP contribution in [0.1, 0.15) is 22.3 Å². The molecule has 0 radical (unpaired) electrons. The fraction of sp³-hybridized carbons (Fsp3) is 0.0312. The van der Waals surface area contributed by atoms with Gasteiger partial charge in [0.25, 0.3) is 0 Å². The number of fused-ring (bicyclic) bond motifs is 6. The second kappa shape index (κ2) is 23.8. The van der Waals surface area contributed by atoms with Crippen LogP contribution in [-0.2, 0) is 44.8 Å². The van der Waals surface area contributed by atoms with E-state index in [1.165, 1.54) is 86.0 Å². The zero-order chi connectivity index (χ0) is 45.2. The average Bonchev–Trinajstić information content (AvgIpc) is 3.39. The van der Waals surface area contributed by atoms with Crippen LogP contribution in [0.3, 0.4) is 0 Å². The molecular formula is C64H48Au2P2+2. The molecule has 0 aromatic heterocycles. The Kier molecular flexibility index (Phi) is 17.4. The van der Waals surface area contributed by atoms with Crippen LogP contribution in [0.2, 0.25) is 0 Å². The fourth-order valence-corrected chi connectivity index (χ4v) is 14.9. The Morgan fingerprint density at radius 1 is 0.294 bits per heavy atom. The predicted molar refractivity (Wildman–Crippen MR) is 291 cm³/mol. The van der Waals surface area contributed by atoms with Crippen molar-refractivity contribution in [3.05, 3.63) is 278 Å². The molecule has 0 unspecified atom stereocenters. The van der Waals surface area contributed by atoms with Gasteiger partial charge >= 0.3 is 44.8 Å². The summed E-state index contributed by atoms with van der Waals surface area (Å²) in [6.45, 7) is 4.52. The molecule has 0 aliphatic carbocycles. The molecule has 0 aliphatic heterocycles. The SMILES string of the molecule is Cc1cc([PH+](c2ccccc2)c2ccccc2)c([PH+](c2ccccc2)c2ccccc2)cc1C.[Au+].[Au+].[C-]#Cc1ccc2ccc3ccccc3c2c1.[C-]#Cc1ccc2ccc3ccccc3c2c1. The number of benzene rings is 11. The molecule has 0 saturated carbocycles. The summed E-state index contributed by atoms with van der Waals surface area (Å²) < 4.78 is 0. The average molecular weight is 1270 g/mol. The van der Waals surface area contributed by atoms with Crippen LogP contribution in [0.4, 0.5) is 0 Å². The van der Waals surface area contributed by atoms with Crippen molar-refractivity contribution >= 4 is 90.8 Å². The van der Waals surface area contributed by atoms with E-state index in [0.29, 0.717) is 0 Å². The van der Waals surface area contributed by atoms with E-state index in [0.717, 1.165) is 11.1 Å².